The van der Waals surface area contributed by atoms with Gasteiger partial charge in [-0.2, -0.15) is 0 Å². The highest BCUT2D eigenvalue weighted by Gasteiger charge is 2.39. The first kappa shape index (κ1) is 36.3. The molecule has 10 nitrogen and oxygen atoms in total. The van der Waals surface area contributed by atoms with Crippen LogP contribution in [-0.4, -0.2) is 90.9 Å². The topological polar surface area (TPSA) is 137 Å². The maximum atomic E-state index is 13.7. The second-order valence-corrected chi connectivity index (χ2v) is 13.3. The molecule has 3 aromatic carbocycles. The fourth-order valence-electron chi connectivity index (χ4n) is 4.76. The Morgan fingerprint density at radius 1 is 0.761 bits per heavy atom. The number of carbonyl (C=O) groups excluding carboxylic acids is 3. The van der Waals surface area contributed by atoms with E-state index >= 15 is 0 Å². The molecule has 0 bridgehead atoms. The van der Waals surface area contributed by atoms with Crippen molar-refractivity contribution in [2.45, 2.75) is 43.2 Å². The van der Waals surface area contributed by atoms with Crippen molar-refractivity contribution in [3.8, 4) is 0 Å². The van der Waals surface area contributed by atoms with E-state index in [1.165, 1.54) is 11.8 Å². The smallest absolute Gasteiger partial charge is 0.322 e. The Bertz CT molecular complexity index is 1340. The molecule has 0 saturated carbocycles. The van der Waals surface area contributed by atoms with E-state index in [1.807, 2.05) is 112 Å². The molecule has 0 fully saturated rings. The van der Waals surface area contributed by atoms with Gasteiger partial charge < -0.3 is 30.7 Å². The monoisotopic (exact) mass is 648 g/mol. The summed E-state index contributed by atoms with van der Waals surface area (Å²) in [5.74, 6) is -2.83. The predicted octanol–water partition coefficient (Wildman–Crippen LogP) is 3.26. The summed E-state index contributed by atoms with van der Waals surface area (Å²) in [5.41, 5.74) is 2.28. The van der Waals surface area contributed by atoms with Crippen molar-refractivity contribution in [2.75, 3.05) is 39.5 Å². The van der Waals surface area contributed by atoms with E-state index in [2.05, 4.69) is 16.0 Å². The molecule has 0 aliphatic rings. The number of ether oxygens (including phenoxy) is 1. The maximum Gasteiger partial charge on any atom is 0.322 e. The van der Waals surface area contributed by atoms with Crippen LogP contribution in [0.2, 0.25) is 0 Å². The first-order valence-corrected chi connectivity index (χ1v) is 16.0. The fourth-order valence-corrected chi connectivity index (χ4v) is 6.32. The lowest BCUT2D eigenvalue weighted by molar-refractivity contribution is -0.138. The van der Waals surface area contributed by atoms with Crippen LogP contribution in [0.15, 0.2) is 91.0 Å². The number of likely N-dealkylation sites (N-methyl/N-ethyl adjacent to an activating group) is 1. The molecular formula is C35H44N4O6S. The third kappa shape index (κ3) is 10.7. The average Bonchev–Trinajstić information content (AvgIpc) is 3.02. The van der Waals surface area contributed by atoms with Crippen molar-refractivity contribution in [2.24, 2.45) is 0 Å². The summed E-state index contributed by atoms with van der Waals surface area (Å²) in [6.07, 6.45) is 0. The molecule has 0 heterocycles. The average molecular weight is 649 g/mol. The number of rotatable bonds is 16. The summed E-state index contributed by atoms with van der Waals surface area (Å²) in [5, 5.41) is 17.2. The van der Waals surface area contributed by atoms with Crippen LogP contribution in [0.5, 0.6) is 0 Å². The Hall–Kier alpha value is -4.19. The Morgan fingerprint density at radius 2 is 1.24 bits per heavy atom. The van der Waals surface area contributed by atoms with Crippen LogP contribution in [0, 0.1) is 0 Å². The van der Waals surface area contributed by atoms with Gasteiger partial charge in [0, 0.05) is 5.75 Å². The minimum absolute atomic E-state index is 0.0470. The molecule has 246 valence electrons. The molecule has 0 spiro atoms. The number of nitrogens with one attached hydrogen (secondary N) is 3. The van der Waals surface area contributed by atoms with Crippen LogP contribution < -0.4 is 16.0 Å². The van der Waals surface area contributed by atoms with Gasteiger partial charge in [0.25, 0.3) is 0 Å². The van der Waals surface area contributed by atoms with Gasteiger partial charge in [-0.25, -0.2) is 0 Å². The van der Waals surface area contributed by atoms with E-state index in [1.54, 1.807) is 19.0 Å². The number of carbonyl (C=O) groups is 4. The van der Waals surface area contributed by atoms with Crippen molar-refractivity contribution >= 4 is 35.5 Å². The zero-order chi connectivity index (χ0) is 33.7. The molecule has 3 aromatic rings. The minimum Gasteiger partial charge on any atom is -0.480 e. The number of thioether (sulfide) groups is 1. The molecule has 46 heavy (non-hydrogen) atoms. The highest BCUT2D eigenvalue weighted by Crippen LogP contribution is 2.48. The molecular weight excluding hydrogens is 604 g/mol. The molecule has 0 unspecified atom stereocenters. The Morgan fingerprint density at radius 3 is 1.65 bits per heavy atom. The summed E-state index contributed by atoms with van der Waals surface area (Å²) >= 11 is 1.44. The molecule has 2 atom stereocenters. The lowest BCUT2D eigenvalue weighted by Crippen LogP contribution is -2.57. The van der Waals surface area contributed by atoms with Gasteiger partial charge in [0.2, 0.25) is 17.7 Å². The Balaban J connectivity index is 2.02. The van der Waals surface area contributed by atoms with E-state index in [9.17, 15) is 24.3 Å². The lowest BCUT2D eigenvalue weighted by atomic mass is 9.84. The van der Waals surface area contributed by atoms with Gasteiger partial charge in [0.15, 0.2) is 0 Å². The molecule has 0 saturated heterocycles. The number of carboxylic acids is 1. The molecule has 0 aromatic heterocycles. The largest absolute Gasteiger partial charge is 0.480 e. The highest BCUT2D eigenvalue weighted by atomic mass is 32.2. The standard InChI is InChI=1S/C35H44N4O6S/c1-34(2,3)45-23-28(37-30(40)22-39(4)5)33(44)38-29(32(43)36-21-31(41)42)24-46-35(25-15-9-6-10-16-25,26-17-11-7-12-18-26)27-19-13-8-14-20-27/h6-20,28-29H,21-24H2,1-5H3,(H,36,43)(H,37,40)(H,38,44)(H,41,42)/t28-,29-/m0/s1. The maximum absolute atomic E-state index is 13.7. The predicted molar refractivity (Wildman–Crippen MR) is 180 cm³/mol. The minimum atomic E-state index is -1.22. The summed E-state index contributed by atoms with van der Waals surface area (Å²) in [6.45, 7) is 4.79. The van der Waals surface area contributed by atoms with Crippen LogP contribution in [0.25, 0.3) is 0 Å². The molecule has 0 aliphatic heterocycles. The van der Waals surface area contributed by atoms with Crippen molar-refractivity contribution in [3.05, 3.63) is 108 Å². The molecule has 0 aliphatic carbocycles. The van der Waals surface area contributed by atoms with E-state index in [-0.39, 0.29) is 24.8 Å². The van der Waals surface area contributed by atoms with Gasteiger partial charge in [-0.3, -0.25) is 19.2 Å². The van der Waals surface area contributed by atoms with E-state index in [4.69, 9.17) is 4.74 Å². The highest BCUT2D eigenvalue weighted by molar-refractivity contribution is 8.00. The number of hydrogen-bond acceptors (Lipinski definition) is 7. The number of aliphatic carboxylic acids is 1. The SMILES string of the molecule is CN(C)CC(=O)N[C@@H](COC(C)(C)C)C(=O)N[C@@H](CSC(c1ccccc1)(c1ccccc1)c1ccccc1)C(=O)NCC(=O)O. The van der Waals surface area contributed by atoms with Crippen molar-refractivity contribution < 1.29 is 29.0 Å². The third-order valence-corrected chi connectivity index (χ3v) is 8.49. The van der Waals surface area contributed by atoms with Crippen LogP contribution in [0.4, 0.5) is 0 Å². The second kappa shape index (κ2) is 16.9. The Kier molecular flexibility index (Phi) is 13.4. The van der Waals surface area contributed by atoms with Gasteiger partial charge in [-0.05, 0) is 51.6 Å². The first-order valence-electron chi connectivity index (χ1n) is 15.0. The first-order chi connectivity index (χ1) is 21.8. The molecule has 11 heteroatoms. The number of benzene rings is 3. The van der Waals surface area contributed by atoms with Crippen LogP contribution in [0.3, 0.4) is 0 Å². The van der Waals surface area contributed by atoms with Crippen LogP contribution in [-0.2, 0) is 28.7 Å². The normalized spacial score (nSPS) is 13.0. The van der Waals surface area contributed by atoms with Gasteiger partial charge in [-0.1, -0.05) is 91.0 Å². The van der Waals surface area contributed by atoms with Crippen molar-refractivity contribution in [3.63, 3.8) is 0 Å². The van der Waals surface area contributed by atoms with E-state index in [0.717, 1.165) is 16.7 Å². The van der Waals surface area contributed by atoms with Gasteiger partial charge >= 0.3 is 5.97 Å². The summed E-state index contributed by atoms with van der Waals surface area (Å²) in [6, 6.07) is 27.4. The quantitative estimate of drug-likeness (QED) is 0.174. The summed E-state index contributed by atoms with van der Waals surface area (Å²) in [7, 11) is 3.47. The van der Waals surface area contributed by atoms with Crippen LogP contribution in [0.1, 0.15) is 37.5 Å². The molecule has 3 rings (SSSR count). The number of amides is 3. The second-order valence-electron chi connectivity index (χ2n) is 12.0. The van der Waals surface area contributed by atoms with Crippen molar-refractivity contribution in [1.82, 2.24) is 20.9 Å². The van der Waals surface area contributed by atoms with Gasteiger partial charge in [0.05, 0.1) is 23.5 Å². The molecule has 0 radical (unpaired) electrons. The van der Waals surface area contributed by atoms with Crippen molar-refractivity contribution in [1.29, 1.82) is 0 Å². The van der Waals surface area contributed by atoms with Gasteiger partial charge in [0.1, 0.15) is 18.6 Å². The third-order valence-electron chi connectivity index (χ3n) is 6.85. The number of nitrogens with zero attached hydrogens (tertiary/aromatic N) is 1. The molecule has 3 amide bonds. The fraction of sp³-hybridized carbons (Fsp3) is 0.371. The zero-order valence-corrected chi connectivity index (χ0v) is 27.8. The Labute approximate surface area is 275 Å². The zero-order valence-electron chi connectivity index (χ0n) is 27.0. The summed E-state index contributed by atoms with van der Waals surface area (Å²) < 4.78 is 5.06. The van der Waals surface area contributed by atoms with Crippen LogP contribution >= 0.6 is 11.8 Å². The number of hydrogen-bond donors (Lipinski definition) is 4. The summed E-state index contributed by atoms with van der Waals surface area (Å²) in [4.78, 5) is 52.9. The molecule has 4 N–H and O–H groups in total. The number of carboxylic acid groups (broad SMARTS) is 1. The van der Waals surface area contributed by atoms with E-state index in [0.29, 0.717) is 0 Å². The lowest BCUT2D eigenvalue weighted by Gasteiger charge is -2.36. The van der Waals surface area contributed by atoms with E-state index < -0.39 is 46.8 Å². The van der Waals surface area contributed by atoms with Gasteiger partial charge in [-0.15, -0.1) is 11.8 Å².